The summed E-state index contributed by atoms with van der Waals surface area (Å²) in [5, 5.41) is 3.40. The van der Waals surface area contributed by atoms with Crippen LogP contribution in [-0.2, 0) is 11.6 Å². The fourth-order valence-electron chi connectivity index (χ4n) is 3.17. The molecule has 2 aromatic carbocycles. The van der Waals surface area contributed by atoms with Crippen LogP contribution >= 0.6 is 0 Å². The number of benzene rings is 2. The van der Waals surface area contributed by atoms with Crippen LogP contribution in [-0.4, -0.2) is 4.98 Å². The van der Waals surface area contributed by atoms with Gasteiger partial charge in [-0.1, -0.05) is 63.2 Å². The van der Waals surface area contributed by atoms with Crippen molar-refractivity contribution in [2.75, 3.05) is 5.32 Å². The Morgan fingerprint density at radius 2 is 1.31 bits per heavy atom. The second-order valence-electron chi connectivity index (χ2n) is 8.24. The van der Waals surface area contributed by atoms with E-state index in [1.54, 1.807) is 6.20 Å². The van der Waals surface area contributed by atoms with Gasteiger partial charge in [0.05, 0.1) is 11.6 Å². The van der Waals surface area contributed by atoms with E-state index >= 15 is 0 Å². The van der Waals surface area contributed by atoms with Gasteiger partial charge in [0.1, 0.15) is 5.82 Å². The second kappa shape index (κ2) is 7.90. The van der Waals surface area contributed by atoms with Gasteiger partial charge in [-0.05, 0) is 52.8 Å². The molecule has 0 aliphatic rings. The lowest BCUT2D eigenvalue weighted by Gasteiger charge is -2.24. The summed E-state index contributed by atoms with van der Waals surface area (Å²) < 4.78 is 38.9. The van der Waals surface area contributed by atoms with E-state index in [1.807, 2.05) is 31.2 Å². The zero-order valence-corrected chi connectivity index (χ0v) is 17.0. The topological polar surface area (TPSA) is 24.9 Å². The largest absolute Gasteiger partial charge is 0.416 e. The lowest BCUT2D eigenvalue weighted by Crippen LogP contribution is -2.16. The summed E-state index contributed by atoms with van der Waals surface area (Å²) >= 11 is 0. The molecule has 1 unspecified atom stereocenters. The maximum Gasteiger partial charge on any atom is 0.416 e. The van der Waals surface area contributed by atoms with Crippen LogP contribution < -0.4 is 5.32 Å². The number of pyridine rings is 1. The highest BCUT2D eigenvalue weighted by molar-refractivity contribution is 5.49. The van der Waals surface area contributed by atoms with Crippen molar-refractivity contribution in [1.29, 1.82) is 0 Å². The maximum absolute atomic E-state index is 13.0. The molecule has 0 aliphatic carbocycles. The monoisotopic (exact) mass is 398 g/mol. The average molecular weight is 398 g/mol. The lowest BCUT2D eigenvalue weighted by molar-refractivity contribution is -0.137. The number of halogens is 3. The van der Waals surface area contributed by atoms with Gasteiger partial charge in [0.15, 0.2) is 0 Å². The minimum Gasteiger partial charge on any atom is -0.359 e. The Hall–Kier alpha value is -2.82. The summed E-state index contributed by atoms with van der Waals surface area (Å²) in [6.07, 6.45) is -2.66. The van der Waals surface area contributed by atoms with Gasteiger partial charge in [-0.2, -0.15) is 13.2 Å². The standard InChI is InChI=1S/C24H25F3N2/c1-16-6-5-15-28-22(16)29-21(17-7-11-19(12-8-17)23(2,3)4)18-9-13-20(14-10-18)24(25,26)27/h5-15,21H,1-4H3,(H,28,29). The molecule has 0 radical (unpaired) electrons. The summed E-state index contributed by atoms with van der Waals surface area (Å²) in [4.78, 5) is 4.39. The Kier molecular flexibility index (Phi) is 5.69. The predicted molar refractivity (Wildman–Crippen MR) is 111 cm³/mol. The van der Waals surface area contributed by atoms with E-state index in [1.165, 1.54) is 17.7 Å². The third-order valence-corrected chi connectivity index (χ3v) is 4.97. The first-order chi connectivity index (χ1) is 13.6. The van der Waals surface area contributed by atoms with Gasteiger partial charge in [0.25, 0.3) is 0 Å². The number of hydrogen-bond acceptors (Lipinski definition) is 2. The van der Waals surface area contributed by atoms with Gasteiger partial charge in [0, 0.05) is 6.20 Å². The fourth-order valence-corrected chi connectivity index (χ4v) is 3.17. The van der Waals surface area contributed by atoms with E-state index in [2.05, 4.69) is 43.2 Å². The van der Waals surface area contributed by atoms with Crippen LogP contribution in [0.5, 0.6) is 0 Å². The third kappa shape index (κ3) is 4.97. The first-order valence-electron chi connectivity index (χ1n) is 9.51. The van der Waals surface area contributed by atoms with Crippen molar-refractivity contribution in [3.8, 4) is 0 Å². The highest BCUT2D eigenvalue weighted by Crippen LogP contribution is 2.33. The van der Waals surface area contributed by atoms with Crippen LogP contribution in [0, 0.1) is 6.92 Å². The minimum absolute atomic E-state index is 0.0212. The van der Waals surface area contributed by atoms with Gasteiger partial charge < -0.3 is 5.32 Å². The van der Waals surface area contributed by atoms with Crippen molar-refractivity contribution in [2.24, 2.45) is 0 Å². The van der Waals surface area contributed by atoms with Crippen molar-refractivity contribution in [1.82, 2.24) is 4.98 Å². The number of aryl methyl sites for hydroxylation is 1. The zero-order chi connectivity index (χ0) is 21.2. The number of rotatable bonds is 4. The van der Waals surface area contributed by atoms with E-state index in [-0.39, 0.29) is 11.5 Å². The molecule has 0 saturated carbocycles. The number of alkyl halides is 3. The van der Waals surface area contributed by atoms with Crippen molar-refractivity contribution >= 4 is 5.82 Å². The van der Waals surface area contributed by atoms with Crippen molar-refractivity contribution in [3.63, 3.8) is 0 Å². The SMILES string of the molecule is Cc1cccnc1NC(c1ccc(C(C)(C)C)cc1)c1ccc(C(F)(F)F)cc1. The van der Waals surface area contributed by atoms with Crippen molar-refractivity contribution in [2.45, 2.75) is 45.3 Å². The second-order valence-corrected chi connectivity index (χ2v) is 8.24. The number of aromatic nitrogens is 1. The number of anilines is 1. The Bertz CT molecular complexity index is 896. The molecule has 5 heteroatoms. The van der Waals surface area contributed by atoms with E-state index in [9.17, 15) is 13.2 Å². The smallest absolute Gasteiger partial charge is 0.359 e. The van der Waals surface area contributed by atoms with Gasteiger partial charge >= 0.3 is 6.18 Å². The number of nitrogens with one attached hydrogen (secondary N) is 1. The zero-order valence-electron chi connectivity index (χ0n) is 17.0. The molecule has 2 nitrogen and oxygen atoms in total. The maximum atomic E-state index is 13.0. The molecule has 3 aromatic rings. The Balaban J connectivity index is 2.01. The summed E-state index contributed by atoms with van der Waals surface area (Å²) in [7, 11) is 0. The molecule has 29 heavy (non-hydrogen) atoms. The number of hydrogen-bond donors (Lipinski definition) is 1. The molecule has 1 N–H and O–H groups in total. The van der Waals surface area contributed by atoms with Crippen LogP contribution in [0.25, 0.3) is 0 Å². The van der Waals surface area contributed by atoms with Gasteiger partial charge in [0.2, 0.25) is 0 Å². The van der Waals surface area contributed by atoms with E-state index in [0.717, 1.165) is 28.8 Å². The van der Waals surface area contributed by atoms with Crippen LogP contribution in [0.1, 0.15) is 54.6 Å². The highest BCUT2D eigenvalue weighted by atomic mass is 19.4. The average Bonchev–Trinajstić information content (AvgIpc) is 2.66. The van der Waals surface area contributed by atoms with E-state index in [0.29, 0.717) is 5.82 Å². The quantitative estimate of drug-likeness (QED) is 0.517. The summed E-state index contributed by atoms with van der Waals surface area (Å²) in [6.45, 7) is 8.38. The molecule has 1 atom stereocenters. The van der Waals surface area contributed by atoms with Crippen LogP contribution in [0.15, 0.2) is 66.9 Å². The van der Waals surface area contributed by atoms with Crippen molar-refractivity contribution in [3.05, 3.63) is 94.7 Å². The van der Waals surface area contributed by atoms with Gasteiger partial charge in [-0.3, -0.25) is 0 Å². The normalized spacial score (nSPS) is 13.2. The van der Waals surface area contributed by atoms with E-state index in [4.69, 9.17) is 0 Å². The molecule has 1 heterocycles. The summed E-state index contributed by atoms with van der Waals surface area (Å²) in [5.41, 5.74) is 3.23. The Morgan fingerprint density at radius 3 is 1.76 bits per heavy atom. The summed E-state index contributed by atoms with van der Waals surface area (Å²) in [6, 6.07) is 17.0. The first-order valence-corrected chi connectivity index (χ1v) is 9.51. The summed E-state index contributed by atoms with van der Waals surface area (Å²) in [5.74, 6) is 0.706. The molecule has 152 valence electrons. The molecule has 1 aromatic heterocycles. The Morgan fingerprint density at radius 1 is 0.793 bits per heavy atom. The first kappa shape index (κ1) is 20.9. The predicted octanol–water partition coefficient (Wildman–Crippen LogP) is 6.91. The van der Waals surface area contributed by atoms with Crippen LogP contribution in [0.4, 0.5) is 19.0 Å². The molecule has 0 bridgehead atoms. The molecule has 0 saturated heterocycles. The molecule has 3 rings (SSSR count). The number of nitrogens with zero attached hydrogens (tertiary/aromatic N) is 1. The molecular formula is C24H25F3N2. The van der Waals surface area contributed by atoms with Gasteiger partial charge in [-0.25, -0.2) is 4.98 Å². The van der Waals surface area contributed by atoms with Crippen LogP contribution in [0.3, 0.4) is 0 Å². The molecule has 0 fully saturated rings. The molecular weight excluding hydrogens is 373 g/mol. The lowest BCUT2D eigenvalue weighted by atomic mass is 9.85. The fraction of sp³-hybridized carbons (Fsp3) is 0.292. The van der Waals surface area contributed by atoms with Gasteiger partial charge in [-0.15, -0.1) is 0 Å². The van der Waals surface area contributed by atoms with Crippen molar-refractivity contribution < 1.29 is 13.2 Å². The molecule has 0 spiro atoms. The molecule has 0 aliphatic heterocycles. The van der Waals surface area contributed by atoms with E-state index < -0.39 is 11.7 Å². The Labute approximate surface area is 169 Å². The minimum atomic E-state index is -4.35. The highest BCUT2D eigenvalue weighted by Gasteiger charge is 2.30. The van der Waals surface area contributed by atoms with Crippen LogP contribution in [0.2, 0.25) is 0 Å². The molecule has 0 amide bonds. The third-order valence-electron chi connectivity index (χ3n) is 4.97.